The molecule has 0 aliphatic carbocycles. The van der Waals surface area contributed by atoms with Gasteiger partial charge in [-0.05, 0) is 29.0 Å². The predicted molar refractivity (Wildman–Crippen MR) is 119 cm³/mol. The molecule has 1 aromatic heterocycles. The fourth-order valence-electron chi connectivity index (χ4n) is 3.37. The van der Waals surface area contributed by atoms with E-state index in [1.165, 1.54) is 16.2 Å². The molecule has 0 saturated carbocycles. The van der Waals surface area contributed by atoms with Crippen LogP contribution in [0.2, 0.25) is 0 Å². The molecule has 0 fully saturated rings. The molecule has 3 aromatic carbocycles. The van der Waals surface area contributed by atoms with Crippen LogP contribution in [0, 0.1) is 0 Å². The van der Waals surface area contributed by atoms with Gasteiger partial charge in [0.15, 0.2) is 5.13 Å². The summed E-state index contributed by atoms with van der Waals surface area (Å²) in [4.78, 5) is 21.5. The van der Waals surface area contributed by atoms with Crippen molar-refractivity contribution in [2.75, 3.05) is 39.2 Å². The third-order valence-corrected chi connectivity index (χ3v) is 5.97. The van der Waals surface area contributed by atoms with Gasteiger partial charge < -0.3 is 9.64 Å². The molecule has 29 heavy (non-hydrogen) atoms. The number of methoxy groups -OCH3 is 1. The molecule has 4 rings (SSSR count). The lowest BCUT2D eigenvalue weighted by Gasteiger charge is -2.21. The average molecular weight is 407 g/mol. The molecular formula is C23H24N3O2S+. The highest BCUT2D eigenvalue weighted by molar-refractivity contribution is 7.22. The summed E-state index contributed by atoms with van der Waals surface area (Å²) in [6, 6.07) is 19.7. The molecule has 0 aliphatic heterocycles. The molecule has 1 heterocycles. The zero-order valence-electron chi connectivity index (χ0n) is 16.8. The summed E-state index contributed by atoms with van der Waals surface area (Å²) in [5.41, 5.74) is 1.49. The summed E-state index contributed by atoms with van der Waals surface area (Å²) in [5.74, 6) is 0.696. The molecule has 0 saturated heterocycles. The maximum absolute atomic E-state index is 13.7. The number of aromatic nitrogens is 1. The first kappa shape index (κ1) is 19.4. The lowest BCUT2D eigenvalue weighted by atomic mass is 10.0. The van der Waals surface area contributed by atoms with Gasteiger partial charge in [-0.1, -0.05) is 53.8 Å². The minimum Gasteiger partial charge on any atom is -0.494 e. The van der Waals surface area contributed by atoms with Gasteiger partial charge in [0, 0.05) is 5.56 Å². The molecule has 5 nitrogen and oxygen atoms in total. The summed E-state index contributed by atoms with van der Waals surface area (Å²) < 4.78 is 6.46. The van der Waals surface area contributed by atoms with Crippen molar-refractivity contribution in [3.05, 3.63) is 66.2 Å². The molecule has 0 radical (unpaired) electrons. The van der Waals surface area contributed by atoms with Gasteiger partial charge in [-0.15, -0.1) is 0 Å². The van der Waals surface area contributed by atoms with E-state index in [-0.39, 0.29) is 5.91 Å². The van der Waals surface area contributed by atoms with Gasteiger partial charge in [-0.25, -0.2) is 4.98 Å². The van der Waals surface area contributed by atoms with Gasteiger partial charge >= 0.3 is 0 Å². The van der Waals surface area contributed by atoms with Crippen molar-refractivity contribution in [2.45, 2.75) is 0 Å². The molecule has 1 amide bonds. The van der Waals surface area contributed by atoms with Gasteiger partial charge in [-0.3, -0.25) is 9.69 Å². The van der Waals surface area contributed by atoms with Crippen LogP contribution in [0.15, 0.2) is 60.7 Å². The van der Waals surface area contributed by atoms with E-state index >= 15 is 0 Å². The summed E-state index contributed by atoms with van der Waals surface area (Å²) in [6.07, 6.45) is 0. The lowest BCUT2D eigenvalue weighted by molar-refractivity contribution is -0.856. The number of carbonyl (C=O) groups is 1. The molecule has 0 aliphatic rings. The fourth-order valence-corrected chi connectivity index (χ4v) is 4.38. The number of benzene rings is 3. The van der Waals surface area contributed by atoms with E-state index < -0.39 is 0 Å². The molecule has 4 aromatic rings. The Labute approximate surface area is 174 Å². The number of rotatable bonds is 6. The number of anilines is 1. The van der Waals surface area contributed by atoms with E-state index in [1.54, 1.807) is 12.0 Å². The molecule has 0 atom stereocenters. The first-order chi connectivity index (χ1) is 14.1. The Balaban J connectivity index is 1.80. The summed E-state index contributed by atoms with van der Waals surface area (Å²) in [7, 11) is 5.81. The number of fused-ring (bicyclic) bond motifs is 2. The molecule has 6 heteroatoms. The SMILES string of the molecule is COc1cccc2sc(N(CC[NH+](C)C)C(=O)c3cccc4ccccc34)nc12. The Morgan fingerprint density at radius 3 is 2.62 bits per heavy atom. The van der Waals surface area contributed by atoms with E-state index in [0.717, 1.165) is 33.3 Å². The number of hydrogen-bond acceptors (Lipinski definition) is 4. The summed E-state index contributed by atoms with van der Waals surface area (Å²) in [5, 5.41) is 2.71. The molecular weight excluding hydrogens is 382 g/mol. The van der Waals surface area contributed by atoms with E-state index in [1.807, 2.05) is 60.7 Å². The van der Waals surface area contributed by atoms with Gasteiger partial charge in [0.05, 0.1) is 39.0 Å². The van der Waals surface area contributed by atoms with Gasteiger partial charge in [-0.2, -0.15) is 0 Å². The van der Waals surface area contributed by atoms with Gasteiger partial charge in [0.25, 0.3) is 5.91 Å². The van der Waals surface area contributed by atoms with Gasteiger partial charge in [0.1, 0.15) is 11.3 Å². The van der Waals surface area contributed by atoms with Crippen molar-refractivity contribution >= 4 is 43.4 Å². The van der Waals surface area contributed by atoms with Crippen molar-refractivity contribution in [2.24, 2.45) is 0 Å². The molecule has 148 valence electrons. The summed E-state index contributed by atoms with van der Waals surface area (Å²) in [6.45, 7) is 1.41. The molecule has 0 bridgehead atoms. The second kappa shape index (κ2) is 8.19. The Morgan fingerprint density at radius 2 is 1.83 bits per heavy atom. The van der Waals surface area contributed by atoms with E-state index in [4.69, 9.17) is 9.72 Å². The predicted octanol–water partition coefficient (Wildman–Crippen LogP) is 3.25. The van der Waals surface area contributed by atoms with Crippen LogP contribution < -0.4 is 14.5 Å². The molecule has 1 N–H and O–H groups in total. The standard InChI is InChI=1S/C23H23N3O2S/c1-25(2)14-15-26(23-24-21-19(28-3)12-7-13-20(21)29-23)22(27)18-11-6-9-16-8-4-5-10-17(16)18/h4-13H,14-15H2,1-3H3/p+1. The first-order valence-electron chi connectivity index (χ1n) is 9.60. The van der Waals surface area contributed by atoms with Crippen molar-refractivity contribution in [3.8, 4) is 5.75 Å². The number of nitrogens with one attached hydrogen (secondary N) is 1. The number of nitrogens with zero attached hydrogens (tertiary/aromatic N) is 2. The van der Waals surface area contributed by atoms with Gasteiger partial charge in [0.2, 0.25) is 0 Å². The van der Waals surface area contributed by atoms with Crippen LogP contribution in [0.1, 0.15) is 10.4 Å². The minimum atomic E-state index is -0.0268. The second-order valence-electron chi connectivity index (χ2n) is 7.24. The fraction of sp³-hybridized carbons (Fsp3) is 0.217. The maximum Gasteiger partial charge on any atom is 0.260 e. The summed E-state index contributed by atoms with van der Waals surface area (Å²) >= 11 is 1.52. The Kier molecular flexibility index (Phi) is 5.47. The van der Waals surface area contributed by atoms with Crippen LogP contribution in [0.3, 0.4) is 0 Å². The zero-order chi connectivity index (χ0) is 20.4. The smallest absolute Gasteiger partial charge is 0.260 e. The molecule has 0 spiro atoms. The van der Waals surface area contributed by atoms with Crippen LogP contribution in [0.5, 0.6) is 5.75 Å². The van der Waals surface area contributed by atoms with E-state index in [9.17, 15) is 4.79 Å². The second-order valence-corrected chi connectivity index (χ2v) is 8.25. The van der Waals surface area contributed by atoms with Crippen molar-refractivity contribution in [3.63, 3.8) is 0 Å². The van der Waals surface area contributed by atoms with Crippen molar-refractivity contribution < 1.29 is 14.4 Å². The van der Waals surface area contributed by atoms with Crippen LogP contribution in [0.25, 0.3) is 21.0 Å². The van der Waals surface area contributed by atoms with Crippen LogP contribution in [-0.2, 0) is 0 Å². The van der Waals surface area contributed by atoms with Crippen LogP contribution in [-0.4, -0.2) is 45.2 Å². The number of ether oxygens (including phenoxy) is 1. The number of amides is 1. The lowest BCUT2D eigenvalue weighted by Crippen LogP contribution is -3.06. The quantitative estimate of drug-likeness (QED) is 0.535. The Bertz CT molecular complexity index is 1160. The first-order valence-corrected chi connectivity index (χ1v) is 10.4. The Hall–Kier alpha value is -2.96. The highest BCUT2D eigenvalue weighted by atomic mass is 32.1. The average Bonchev–Trinajstić information content (AvgIpc) is 3.17. The van der Waals surface area contributed by atoms with E-state index in [2.05, 4.69) is 14.1 Å². The number of thiazole rings is 1. The van der Waals surface area contributed by atoms with Crippen LogP contribution in [0.4, 0.5) is 5.13 Å². The minimum absolute atomic E-state index is 0.0268. The highest BCUT2D eigenvalue weighted by Gasteiger charge is 2.24. The zero-order valence-corrected chi connectivity index (χ0v) is 17.6. The normalized spacial score (nSPS) is 11.3. The third kappa shape index (κ3) is 3.81. The largest absolute Gasteiger partial charge is 0.494 e. The van der Waals surface area contributed by atoms with Crippen molar-refractivity contribution in [1.29, 1.82) is 0 Å². The van der Waals surface area contributed by atoms with Crippen molar-refractivity contribution in [1.82, 2.24) is 4.98 Å². The monoisotopic (exact) mass is 406 g/mol. The number of carbonyl (C=O) groups excluding carboxylic acids is 1. The number of hydrogen-bond donors (Lipinski definition) is 1. The Morgan fingerprint density at radius 1 is 1.07 bits per heavy atom. The van der Waals surface area contributed by atoms with Crippen LogP contribution >= 0.6 is 11.3 Å². The van der Waals surface area contributed by atoms with E-state index in [0.29, 0.717) is 17.2 Å². The number of para-hydroxylation sites is 1. The third-order valence-electron chi connectivity index (χ3n) is 4.92. The topological polar surface area (TPSA) is 46.9 Å². The highest BCUT2D eigenvalue weighted by Crippen LogP contribution is 2.35. The number of quaternary nitrogens is 1. The maximum atomic E-state index is 13.7. The molecule has 0 unspecified atom stereocenters. The number of likely N-dealkylation sites (N-methyl/N-ethyl adjacent to an activating group) is 1.